The highest BCUT2D eigenvalue weighted by Crippen LogP contribution is 2.18. The highest BCUT2D eigenvalue weighted by Gasteiger charge is 2.19. The molecule has 1 rings (SSSR count). The van der Waals surface area contributed by atoms with Gasteiger partial charge in [-0.05, 0) is 26.3 Å². The Morgan fingerprint density at radius 2 is 2.00 bits per heavy atom. The van der Waals surface area contributed by atoms with Crippen molar-refractivity contribution < 1.29 is 14.7 Å². The number of amides is 1. The first-order valence-corrected chi connectivity index (χ1v) is 5.08. The standard InChI is InChI=1S/C11H16N2O3/c1-6-9(8(3)15)7(2)13-10(6)11(16)12-4-5-14/h13-14H,4-5H2,1-3H3,(H,12,16). The number of hydrogen-bond donors (Lipinski definition) is 3. The molecule has 0 aromatic carbocycles. The van der Waals surface area contributed by atoms with E-state index >= 15 is 0 Å². The van der Waals surface area contributed by atoms with Crippen LogP contribution in [0.25, 0.3) is 0 Å². The third kappa shape index (κ3) is 2.30. The van der Waals surface area contributed by atoms with Gasteiger partial charge in [-0.3, -0.25) is 9.59 Å². The van der Waals surface area contributed by atoms with Gasteiger partial charge in [0.1, 0.15) is 5.69 Å². The molecule has 5 heteroatoms. The van der Waals surface area contributed by atoms with E-state index in [9.17, 15) is 9.59 Å². The van der Waals surface area contributed by atoms with Crippen LogP contribution in [0.1, 0.15) is 39.0 Å². The molecule has 0 saturated heterocycles. The van der Waals surface area contributed by atoms with Crippen molar-refractivity contribution in [1.29, 1.82) is 0 Å². The van der Waals surface area contributed by atoms with Gasteiger partial charge in [0.25, 0.3) is 5.91 Å². The molecule has 1 aromatic rings. The maximum Gasteiger partial charge on any atom is 0.268 e. The van der Waals surface area contributed by atoms with Crippen molar-refractivity contribution in [3.8, 4) is 0 Å². The van der Waals surface area contributed by atoms with Crippen molar-refractivity contribution in [3.05, 3.63) is 22.5 Å². The van der Waals surface area contributed by atoms with Crippen LogP contribution in [-0.4, -0.2) is 34.9 Å². The fourth-order valence-corrected chi connectivity index (χ4v) is 1.76. The molecule has 0 aliphatic carbocycles. The lowest BCUT2D eigenvalue weighted by atomic mass is 10.1. The van der Waals surface area contributed by atoms with E-state index in [1.165, 1.54) is 6.92 Å². The zero-order valence-electron chi connectivity index (χ0n) is 9.68. The summed E-state index contributed by atoms with van der Waals surface area (Å²) in [4.78, 5) is 25.9. The Morgan fingerprint density at radius 3 is 2.44 bits per heavy atom. The van der Waals surface area contributed by atoms with Crippen LogP contribution in [0.3, 0.4) is 0 Å². The van der Waals surface area contributed by atoms with E-state index in [-0.39, 0.29) is 24.8 Å². The predicted octanol–water partition coefficient (Wildman–Crippen LogP) is 0.556. The molecular formula is C11H16N2O3. The number of ketones is 1. The molecule has 0 unspecified atom stereocenters. The van der Waals surface area contributed by atoms with Gasteiger partial charge in [-0.25, -0.2) is 0 Å². The van der Waals surface area contributed by atoms with Crippen molar-refractivity contribution in [2.45, 2.75) is 20.8 Å². The van der Waals surface area contributed by atoms with E-state index in [0.717, 1.165) is 0 Å². The summed E-state index contributed by atoms with van der Waals surface area (Å²) in [6, 6.07) is 0. The van der Waals surface area contributed by atoms with Gasteiger partial charge in [-0.1, -0.05) is 0 Å². The number of nitrogens with one attached hydrogen (secondary N) is 2. The zero-order valence-corrected chi connectivity index (χ0v) is 9.68. The Labute approximate surface area is 93.9 Å². The lowest BCUT2D eigenvalue weighted by molar-refractivity contribution is 0.0939. The molecule has 0 bridgehead atoms. The third-order valence-corrected chi connectivity index (χ3v) is 2.41. The number of aromatic amines is 1. The summed E-state index contributed by atoms with van der Waals surface area (Å²) in [7, 11) is 0. The third-order valence-electron chi connectivity index (χ3n) is 2.41. The summed E-state index contributed by atoms with van der Waals surface area (Å²) < 4.78 is 0. The van der Waals surface area contributed by atoms with E-state index in [1.54, 1.807) is 13.8 Å². The predicted molar refractivity (Wildman–Crippen MR) is 59.7 cm³/mol. The van der Waals surface area contributed by atoms with Crippen LogP contribution in [-0.2, 0) is 0 Å². The van der Waals surface area contributed by atoms with Gasteiger partial charge in [0.05, 0.1) is 6.61 Å². The Balaban J connectivity index is 3.03. The number of hydrogen-bond acceptors (Lipinski definition) is 3. The van der Waals surface area contributed by atoms with E-state index < -0.39 is 0 Å². The number of carbonyl (C=O) groups is 2. The highest BCUT2D eigenvalue weighted by atomic mass is 16.3. The normalized spacial score (nSPS) is 10.2. The van der Waals surface area contributed by atoms with Crippen molar-refractivity contribution >= 4 is 11.7 Å². The molecular weight excluding hydrogens is 208 g/mol. The molecule has 0 aliphatic rings. The van der Waals surface area contributed by atoms with Crippen LogP contribution in [0.5, 0.6) is 0 Å². The second-order valence-electron chi connectivity index (χ2n) is 3.66. The second kappa shape index (κ2) is 4.94. The average molecular weight is 224 g/mol. The summed E-state index contributed by atoms with van der Waals surface area (Å²) >= 11 is 0. The van der Waals surface area contributed by atoms with Crippen LogP contribution in [0.15, 0.2) is 0 Å². The Bertz CT molecular complexity index is 421. The number of rotatable bonds is 4. The summed E-state index contributed by atoms with van der Waals surface area (Å²) in [5, 5.41) is 11.1. The monoisotopic (exact) mass is 224 g/mol. The van der Waals surface area contributed by atoms with Crippen LogP contribution in [0, 0.1) is 13.8 Å². The molecule has 1 amide bonds. The average Bonchev–Trinajstić information content (AvgIpc) is 2.50. The minimum absolute atomic E-state index is 0.0625. The minimum Gasteiger partial charge on any atom is -0.395 e. The fourth-order valence-electron chi connectivity index (χ4n) is 1.76. The van der Waals surface area contributed by atoms with E-state index in [1.807, 2.05) is 0 Å². The quantitative estimate of drug-likeness (QED) is 0.653. The van der Waals surface area contributed by atoms with Crippen molar-refractivity contribution in [2.75, 3.05) is 13.2 Å². The molecule has 0 aliphatic heterocycles. The fraction of sp³-hybridized carbons (Fsp3) is 0.455. The van der Waals surface area contributed by atoms with Crippen LogP contribution in [0.4, 0.5) is 0 Å². The van der Waals surface area contributed by atoms with Gasteiger partial charge in [0.15, 0.2) is 5.78 Å². The molecule has 1 aromatic heterocycles. The number of aliphatic hydroxyl groups is 1. The number of H-pyrrole nitrogens is 1. The highest BCUT2D eigenvalue weighted by molar-refractivity contribution is 6.02. The number of Topliss-reactive ketones (excluding diaryl/α,β-unsaturated/α-hetero) is 1. The zero-order chi connectivity index (χ0) is 12.3. The molecule has 16 heavy (non-hydrogen) atoms. The van der Waals surface area contributed by atoms with Gasteiger partial charge in [-0.2, -0.15) is 0 Å². The minimum atomic E-state index is -0.304. The maximum absolute atomic E-state index is 11.6. The van der Waals surface area contributed by atoms with Crippen molar-refractivity contribution in [3.63, 3.8) is 0 Å². The molecule has 0 fully saturated rings. The molecule has 0 radical (unpaired) electrons. The molecule has 0 spiro atoms. The van der Waals surface area contributed by atoms with E-state index in [4.69, 9.17) is 5.11 Å². The molecule has 0 saturated carbocycles. The topological polar surface area (TPSA) is 82.2 Å². The lowest BCUT2D eigenvalue weighted by Crippen LogP contribution is -2.27. The van der Waals surface area contributed by atoms with Crippen LogP contribution in [0.2, 0.25) is 0 Å². The first kappa shape index (κ1) is 12.4. The molecule has 0 atom stereocenters. The molecule has 88 valence electrons. The first-order chi connectivity index (χ1) is 7.49. The van der Waals surface area contributed by atoms with E-state index in [2.05, 4.69) is 10.3 Å². The Morgan fingerprint density at radius 1 is 1.38 bits per heavy atom. The molecule has 5 nitrogen and oxygen atoms in total. The number of aryl methyl sites for hydroxylation is 1. The molecule has 1 heterocycles. The van der Waals surface area contributed by atoms with Crippen molar-refractivity contribution in [1.82, 2.24) is 10.3 Å². The van der Waals surface area contributed by atoms with Crippen molar-refractivity contribution in [2.24, 2.45) is 0 Å². The maximum atomic E-state index is 11.6. The van der Waals surface area contributed by atoms with Gasteiger partial charge >= 0.3 is 0 Å². The summed E-state index contributed by atoms with van der Waals surface area (Å²) in [5.41, 5.74) is 2.30. The second-order valence-corrected chi connectivity index (χ2v) is 3.66. The summed E-state index contributed by atoms with van der Waals surface area (Å²) in [6.45, 7) is 5.05. The van der Waals surface area contributed by atoms with Gasteiger partial charge in [-0.15, -0.1) is 0 Å². The lowest BCUT2D eigenvalue weighted by Gasteiger charge is -2.02. The van der Waals surface area contributed by atoms with Crippen LogP contribution >= 0.6 is 0 Å². The first-order valence-electron chi connectivity index (χ1n) is 5.08. The smallest absolute Gasteiger partial charge is 0.268 e. The number of aromatic nitrogens is 1. The Kier molecular flexibility index (Phi) is 3.84. The largest absolute Gasteiger partial charge is 0.395 e. The Hall–Kier alpha value is -1.62. The van der Waals surface area contributed by atoms with Gasteiger partial charge in [0, 0.05) is 17.8 Å². The van der Waals surface area contributed by atoms with E-state index in [0.29, 0.717) is 22.5 Å². The number of carbonyl (C=O) groups excluding carboxylic acids is 2. The SMILES string of the molecule is CC(=O)c1c(C)[nH]c(C(=O)NCCO)c1C. The van der Waals surface area contributed by atoms with Gasteiger partial charge in [0.2, 0.25) is 0 Å². The molecule has 3 N–H and O–H groups in total. The van der Waals surface area contributed by atoms with Gasteiger partial charge < -0.3 is 15.4 Å². The number of aliphatic hydroxyl groups excluding tert-OH is 1. The summed E-state index contributed by atoms with van der Waals surface area (Å²) in [6.07, 6.45) is 0. The summed E-state index contributed by atoms with van der Waals surface area (Å²) in [5.74, 6) is -0.366. The van der Waals surface area contributed by atoms with Crippen LogP contribution < -0.4 is 5.32 Å².